The quantitative estimate of drug-likeness (QED) is 0.562. The number of thiophene rings is 1. The van der Waals surface area contributed by atoms with Gasteiger partial charge >= 0.3 is 0 Å². The van der Waals surface area contributed by atoms with Gasteiger partial charge in [-0.1, -0.05) is 27.2 Å². The molecule has 1 aromatic carbocycles. The number of rotatable bonds is 2. The van der Waals surface area contributed by atoms with Crippen LogP contribution < -0.4 is 5.73 Å². The number of aromatic nitrogens is 1. The molecule has 0 unspecified atom stereocenters. The van der Waals surface area contributed by atoms with Crippen molar-refractivity contribution in [3.05, 3.63) is 43.8 Å². The van der Waals surface area contributed by atoms with Crippen molar-refractivity contribution in [2.75, 3.05) is 5.73 Å². The standard InChI is InChI=1S/C13H8BrIN2OS/c14-9-4-3-7(15)6-8(9)12-11(13(16)17-18-12)10-2-1-5-19-10/h1-6H,(H2,16,17). The predicted molar refractivity (Wildman–Crippen MR) is 90.1 cm³/mol. The van der Waals surface area contributed by atoms with Gasteiger partial charge in [0.25, 0.3) is 0 Å². The molecule has 3 nitrogen and oxygen atoms in total. The minimum atomic E-state index is 0.420. The zero-order valence-corrected chi connectivity index (χ0v) is 14.1. The summed E-state index contributed by atoms with van der Waals surface area (Å²) in [6, 6.07) is 10.1. The van der Waals surface area contributed by atoms with Crippen molar-refractivity contribution < 1.29 is 4.52 Å². The number of halogens is 2. The van der Waals surface area contributed by atoms with Crippen molar-refractivity contribution >= 4 is 55.7 Å². The van der Waals surface area contributed by atoms with Crippen molar-refractivity contribution in [3.8, 4) is 21.8 Å². The highest BCUT2D eigenvalue weighted by Crippen LogP contribution is 2.41. The third-order valence-corrected chi connectivity index (χ3v) is 4.91. The molecule has 6 heteroatoms. The van der Waals surface area contributed by atoms with Gasteiger partial charge in [0.15, 0.2) is 11.6 Å². The highest BCUT2D eigenvalue weighted by Gasteiger charge is 2.20. The largest absolute Gasteiger partial charge is 0.380 e. The van der Waals surface area contributed by atoms with Crippen LogP contribution in [0, 0.1) is 3.57 Å². The van der Waals surface area contributed by atoms with E-state index in [1.54, 1.807) is 11.3 Å². The van der Waals surface area contributed by atoms with Crippen molar-refractivity contribution in [1.82, 2.24) is 5.16 Å². The molecule has 0 amide bonds. The molecular weight excluding hydrogens is 439 g/mol. The van der Waals surface area contributed by atoms with Gasteiger partial charge in [-0.05, 0) is 52.2 Å². The molecule has 0 fully saturated rings. The van der Waals surface area contributed by atoms with Gasteiger partial charge in [-0.25, -0.2) is 0 Å². The summed E-state index contributed by atoms with van der Waals surface area (Å²) in [6.45, 7) is 0. The molecule has 0 bridgehead atoms. The molecule has 0 atom stereocenters. The minimum Gasteiger partial charge on any atom is -0.380 e. The van der Waals surface area contributed by atoms with Crippen LogP contribution in [0.1, 0.15) is 0 Å². The molecule has 19 heavy (non-hydrogen) atoms. The summed E-state index contributed by atoms with van der Waals surface area (Å²) in [5.41, 5.74) is 7.76. The molecule has 2 N–H and O–H groups in total. The highest BCUT2D eigenvalue weighted by atomic mass is 127. The summed E-state index contributed by atoms with van der Waals surface area (Å²) >= 11 is 7.43. The van der Waals surface area contributed by atoms with E-state index in [2.05, 4.69) is 43.7 Å². The van der Waals surface area contributed by atoms with E-state index in [1.165, 1.54) is 0 Å². The summed E-state index contributed by atoms with van der Waals surface area (Å²) in [7, 11) is 0. The Labute approximate surface area is 136 Å². The normalized spacial score (nSPS) is 10.8. The number of nitrogens with two attached hydrogens (primary N) is 1. The molecule has 0 saturated heterocycles. The lowest BCUT2D eigenvalue weighted by Crippen LogP contribution is -1.87. The maximum Gasteiger partial charge on any atom is 0.178 e. The van der Waals surface area contributed by atoms with E-state index in [1.807, 2.05) is 35.7 Å². The number of anilines is 1. The molecule has 0 radical (unpaired) electrons. The van der Waals surface area contributed by atoms with Crippen LogP contribution in [0.5, 0.6) is 0 Å². The Morgan fingerprint density at radius 1 is 1.32 bits per heavy atom. The van der Waals surface area contributed by atoms with Crippen LogP contribution in [-0.4, -0.2) is 5.16 Å². The minimum absolute atomic E-state index is 0.420. The summed E-state index contributed by atoms with van der Waals surface area (Å²) in [5, 5.41) is 5.92. The number of hydrogen-bond acceptors (Lipinski definition) is 4. The zero-order chi connectivity index (χ0) is 13.4. The molecule has 0 aliphatic carbocycles. The third-order valence-electron chi connectivity index (χ3n) is 2.66. The molecule has 0 spiro atoms. The summed E-state index contributed by atoms with van der Waals surface area (Å²) in [6.07, 6.45) is 0. The van der Waals surface area contributed by atoms with Crippen molar-refractivity contribution in [2.45, 2.75) is 0 Å². The van der Waals surface area contributed by atoms with E-state index in [0.29, 0.717) is 11.6 Å². The van der Waals surface area contributed by atoms with Crippen LogP contribution in [0.25, 0.3) is 21.8 Å². The molecule has 2 heterocycles. The Bertz CT molecular complexity index is 724. The molecule has 3 aromatic rings. The first-order chi connectivity index (χ1) is 9.16. The van der Waals surface area contributed by atoms with Gasteiger partial charge < -0.3 is 10.3 Å². The zero-order valence-electron chi connectivity index (χ0n) is 9.56. The Balaban J connectivity index is 2.24. The second-order valence-corrected chi connectivity index (χ2v) is 6.92. The van der Waals surface area contributed by atoms with Crippen LogP contribution in [0.15, 0.2) is 44.7 Å². The first-order valence-electron chi connectivity index (χ1n) is 5.41. The first kappa shape index (κ1) is 13.1. The van der Waals surface area contributed by atoms with E-state index < -0.39 is 0 Å². The van der Waals surface area contributed by atoms with Crippen LogP contribution >= 0.6 is 49.9 Å². The maximum absolute atomic E-state index is 5.94. The summed E-state index contributed by atoms with van der Waals surface area (Å²) < 4.78 is 7.53. The number of nitrogen functional groups attached to an aromatic ring is 1. The lowest BCUT2D eigenvalue weighted by atomic mass is 10.1. The first-order valence-corrected chi connectivity index (χ1v) is 8.16. The Hall–Kier alpha value is -0.860. The van der Waals surface area contributed by atoms with E-state index in [-0.39, 0.29) is 0 Å². The molecule has 3 rings (SSSR count). The second kappa shape index (κ2) is 5.26. The monoisotopic (exact) mass is 446 g/mol. The molecular formula is C13H8BrIN2OS. The fourth-order valence-electron chi connectivity index (χ4n) is 1.82. The average Bonchev–Trinajstić information content (AvgIpc) is 3.01. The highest BCUT2D eigenvalue weighted by molar-refractivity contribution is 14.1. The smallest absolute Gasteiger partial charge is 0.178 e. The van der Waals surface area contributed by atoms with E-state index in [4.69, 9.17) is 10.3 Å². The molecule has 0 aliphatic rings. The Kier molecular flexibility index (Phi) is 3.64. The van der Waals surface area contributed by atoms with Crippen molar-refractivity contribution in [3.63, 3.8) is 0 Å². The van der Waals surface area contributed by atoms with Gasteiger partial charge in [-0.2, -0.15) is 0 Å². The fourth-order valence-corrected chi connectivity index (χ4v) is 3.51. The van der Waals surface area contributed by atoms with Gasteiger partial charge in [0.2, 0.25) is 0 Å². The van der Waals surface area contributed by atoms with Gasteiger partial charge in [-0.3, -0.25) is 0 Å². The molecule has 96 valence electrons. The second-order valence-electron chi connectivity index (χ2n) is 3.87. The van der Waals surface area contributed by atoms with Gasteiger partial charge in [-0.15, -0.1) is 11.3 Å². The van der Waals surface area contributed by atoms with Crippen molar-refractivity contribution in [1.29, 1.82) is 0 Å². The van der Waals surface area contributed by atoms with E-state index >= 15 is 0 Å². The van der Waals surface area contributed by atoms with Crippen LogP contribution in [0.4, 0.5) is 5.82 Å². The van der Waals surface area contributed by atoms with Crippen molar-refractivity contribution in [2.24, 2.45) is 0 Å². The lowest BCUT2D eigenvalue weighted by molar-refractivity contribution is 0.436. The summed E-state index contributed by atoms with van der Waals surface area (Å²) in [5.74, 6) is 1.12. The third kappa shape index (κ3) is 2.44. The topological polar surface area (TPSA) is 52.0 Å². The molecule has 0 aliphatic heterocycles. The fraction of sp³-hybridized carbons (Fsp3) is 0. The van der Waals surface area contributed by atoms with Gasteiger partial charge in [0, 0.05) is 18.5 Å². The molecule has 2 aromatic heterocycles. The number of hydrogen-bond donors (Lipinski definition) is 1. The average molecular weight is 447 g/mol. The van der Waals surface area contributed by atoms with E-state index in [9.17, 15) is 0 Å². The predicted octanol–water partition coefficient (Wildman–Crippen LogP) is 5.02. The Morgan fingerprint density at radius 3 is 2.89 bits per heavy atom. The van der Waals surface area contributed by atoms with E-state index in [0.717, 1.165) is 24.0 Å². The van der Waals surface area contributed by atoms with Crippen LogP contribution in [0.2, 0.25) is 0 Å². The van der Waals surface area contributed by atoms with Gasteiger partial charge in [0.1, 0.15) is 0 Å². The Morgan fingerprint density at radius 2 is 2.16 bits per heavy atom. The number of benzene rings is 1. The summed E-state index contributed by atoms with van der Waals surface area (Å²) in [4.78, 5) is 1.06. The van der Waals surface area contributed by atoms with Crippen LogP contribution in [-0.2, 0) is 0 Å². The van der Waals surface area contributed by atoms with Gasteiger partial charge in [0.05, 0.1) is 5.56 Å². The molecule has 0 saturated carbocycles. The van der Waals surface area contributed by atoms with Crippen LogP contribution in [0.3, 0.4) is 0 Å². The number of nitrogens with zero attached hydrogens (tertiary/aromatic N) is 1. The maximum atomic E-state index is 5.94. The lowest BCUT2D eigenvalue weighted by Gasteiger charge is -2.03. The SMILES string of the molecule is Nc1noc(-c2cc(I)ccc2Br)c1-c1cccs1.